The number of hydrogen-bond acceptors (Lipinski definition) is 2. The van der Waals surface area contributed by atoms with E-state index in [4.69, 9.17) is 4.99 Å². The smallest absolute Gasteiger partial charge is 0.103 e. The van der Waals surface area contributed by atoms with E-state index in [0.717, 1.165) is 30.8 Å². The summed E-state index contributed by atoms with van der Waals surface area (Å²) in [4.78, 5) is 4.87. The van der Waals surface area contributed by atoms with E-state index in [0.29, 0.717) is 6.04 Å². The van der Waals surface area contributed by atoms with E-state index in [-0.39, 0.29) is 0 Å². The molecule has 3 nitrogen and oxygen atoms in total. The van der Waals surface area contributed by atoms with Crippen molar-refractivity contribution in [2.24, 2.45) is 4.99 Å². The number of benzene rings is 1. The van der Waals surface area contributed by atoms with Gasteiger partial charge in [0, 0.05) is 39.9 Å². The SMILES string of the molecule is CCC/C=c1/c(=C\N=C(C)Nc2ccsc2)c(-c2ccc(CC)cc2)cn1C1CCCCC1. The normalized spacial score (nSPS) is 16.5. The topological polar surface area (TPSA) is 29.3 Å². The summed E-state index contributed by atoms with van der Waals surface area (Å²) in [7, 11) is 0. The number of rotatable bonds is 7. The van der Waals surface area contributed by atoms with Crippen molar-refractivity contribution in [1.29, 1.82) is 0 Å². The second kappa shape index (κ2) is 11.5. The van der Waals surface area contributed by atoms with E-state index in [1.165, 1.54) is 59.4 Å². The Morgan fingerprint density at radius 3 is 2.58 bits per heavy atom. The Kier molecular flexibility index (Phi) is 8.22. The molecule has 0 atom stereocenters. The third-order valence-electron chi connectivity index (χ3n) is 6.61. The maximum absolute atomic E-state index is 4.87. The first-order chi connectivity index (χ1) is 16.2. The van der Waals surface area contributed by atoms with Gasteiger partial charge in [0.25, 0.3) is 0 Å². The van der Waals surface area contributed by atoms with Crippen LogP contribution >= 0.6 is 11.3 Å². The summed E-state index contributed by atoms with van der Waals surface area (Å²) in [6.45, 7) is 6.51. The summed E-state index contributed by atoms with van der Waals surface area (Å²) in [5, 5.41) is 10.2. The van der Waals surface area contributed by atoms with E-state index in [9.17, 15) is 0 Å². The molecule has 3 aromatic rings. The Balaban J connectivity index is 1.85. The van der Waals surface area contributed by atoms with Gasteiger partial charge in [0.05, 0.1) is 5.69 Å². The Labute approximate surface area is 202 Å². The minimum absolute atomic E-state index is 0.590. The lowest BCUT2D eigenvalue weighted by Crippen LogP contribution is -2.32. The molecule has 4 rings (SSSR count). The van der Waals surface area contributed by atoms with Crippen LogP contribution in [0.4, 0.5) is 5.69 Å². The number of hydrogen-bond donors (Lipinski definition) is 1. The summed E-state index contributed by atoms with van der Waals surface area (Å²) in [6.07, 6.45) is 16.8. The number of aliphatic imine (C=N–C) groups is 1. The predicted octanol–water partition coefficient (Wildman–Crippen LogP) is 7.13. The van der Waals surface area contributed by atoms with Gasteiger partial charge in [-0.25, -0.2) is 4.99 Å². The first-order valence-corrected chi connectivity index (χ1v) is 13.5. The van der Waals surface area contributed by atoms with Crippen LogP contribution in [0.25, 0.3) is 23.4 Å². The van der Waals surface area contributed by atoms with Gasteiger partial charge in [-0.15, -0.1) is 0 Å². The van der Waals surface area contributed by atoms with Crippen molar-refractivity contribution in [3.63, 3.8) is 0 Å². The average molecular weight is 460 g/mol. The highest BCUT2D eigenvalue weighted by atomic mass is 32.1. The quantitative estimate of drug-likeness (QED) is 0.295. The monoisotopic (exact) mass is 459 g/mol. The molecular formula is C29H37N3S. The van der Waals surface area contributed by atoms with Crippen molar-refractivity contribution >= 4 is 35.1 Å². The van der Waals surface area contributed by atoms with Crippen molar-refractivity contribution in [2.45, 2.75) is 78.2 Å². The molecule has 174 valence electrons. The minimum Gasteiger partial charge on any atom is -0.344 e. The lowest BCUT2D eigenvalue weighted by Gasteiger charge is -2.24. The first-order valence-electron chi connectivity index (χ1n) is 12.5. The van der Waals surface area contributed by atoms with Crippen LogP contribution in [0.3, 0.4) is 0 Å². The van der Waals surface area contributed by atoms with Crippen molar-refractivity contribution < 1.29 is 0 Å². The fourth-order valence-corrected chi connectivity index (χ4v) is 5.32. The molecule has 33 heavy (non-hydrogen) atoms. The Morgan fingerprint density at radius 1 is 1.12 bits per heavy atom. The summed E-state index contributed by atoms with van der Waals surface area (Å²) >= 11 is 1.69. The molecule has 2 aromatic heterocycles. The molecule has 1 aliphatic rings. The molecule has 2 heterocycles. The highest BCUT2D eigenvalue weighted by Gasteiger charge is 2.18. The first kappa shape index (κ1) is 23.6. The fraction of sp³-hybridized carbons (Fsp3) is 0.414. The molecule has 0 amide bonds. The van der Waals surface area contributed by atoms with Gasteiger partial charge < -0.3 is 9.88 Å². The summed E-state index contributed by atoms with van der Waals surface area (Å²) < 4.78 is 2.57. The van der Waals surface area contributed by atoms with Crippen LogP contribution in [-0.4, -0.2) is 10.4 Å². The zero-order chi connectivity index (χ0) is 23.0. The summed E-state index contributed by atoms with van der Waals surface area (Å²) in [5.41, 5.74) is 5.04. The van der Waals surface area contributed by atoms with Gasteiger partial charge in [-0.2, -0.15) is 11.3 Å². The van der Waals surface area contributed by atoms with Crippen LogP contribution in [0.15, 0.2) is 52.3 Å². The molecule has 0 bridgehead atoms. The van der Waals surface area contributed by atoms with Crippen molar-refractivity contribution in [2.75, 3.05) is 5.32 Å². The number of aryl methyl sites for hydroxylation is 1. The molecule has 0 radical (unpaired) electrons. The van der Waals surface area contributed by atoms with Gasteiger partial charge in [-0.05, 0) is 55.2 Å². The Bertz CT molecular complexity index is 1160. The predicted molar refractivity (Wildman–Crippen MR) is 146 cm³/mol. The highest BCUT2D eigenvalue weighted by molar-refractivity contribution is 7.08. The molecule has 1 aliphatic carbocycles. The summed E-state index contributed by atoms with van der Waals surface area (Å²) in [6, 6.07) is 11.8. The lowest BCUT2D eigenvalue weighted by molar-refractivity contribution is 0.349. The highest BCUT2D eigenvalue weighted by Crippen LogP contribution is 2.28. The molecule has 0 unspecified atom stereocenters. The molecule has 0 saturated heterocycles. The van der Waals surface area contributed by atoms with E-state index in [2.05, 4.69) is 83.3 Å². The van der Waals surface area contributed by atoms with Crippen molar-refractivity contribution in [3.8, 4) is 11.1 Å². The molecule has 0 aliphatic heterocycles. The maximum atomic E-state index is 4.87. The van der Waals surface area contributed by atoms with Crippen LogP contribution in [0.1, 0.15) is 77.3 Å². The lowest BCUT2D eigenvalue weighted by atomic mass is 9.95. The average Bonchev–Trinajstić information content (AvgIpc) is 3.49. The van der Waals surface area contributed by atoms with E-state index in [1.54, 1.807) is 11.3 Å². The Morgan fingerprint density at radius 2 is 1.91 bits per heavy atom. The zero-order valence-electron chi connectivity index (χ0n) is 20.3. The van der Waals surface area contributed by atoms with Gasteiger partial charge in [0.15, 0.2) is 0 Å². The molecule has 4 heteroatoms. The van der Waals surface area contributed by atoms with E-state index >= 15 is 0 Å². The minimum atomic E-state index is 0.590. The molecular weight excluding hydrogens is 422 g/mol. The number of aromatic nitrogens is 1. The van der Waals surface area contributed by atoms with Gasteiger partial charge in [-0.3, -0.25) is 0 Å². The number of thiophene rings is 1. The molecule has 1 fully saturated rings. The van der Waals surface area contributed by atoms with E-state index < -0.39 is 0 Å². The number of nitrogens with zero attached hydrogens (tertiary/aromatic N) is 2. The number of nitrogens with one attached hydrogen (secondary N) is 1. The second-order valence-corrected chi connectivity index (χ2v) is 9.84. The fourth-order valence-electron chi connectivity index (χ4n) is 4.74. The Hall–Kier alpha value is -2.59. The van der Waals surface area contributed by atoms with Gasteiger partial charge in [-0.1, -0.05) is 69.9 Å². The third-order valence-corrected chi connectivity index (χ3v) is 7.30. The zero-order valence-corrected chi connectivity index (χ0v) is 21.1. The largest absolute Gasteiger partial charge is 0.344 e. The van der Waals surface area contributed by atoms with E-state index in [1.807, 2.05) is 6.92 Å². The number of unbranched alkanes of at least 4 members (excludes halogenated alkanes) is 1. The van der Waals surface area contributed by atoms with Crippen LogP contribution < -0.4 is 15.9 Å². The molecule has 1 saturated carbocycles. The molecule has 0 spiro atoms. The molecule has 1 N–H and O–H groups in total. The van der Waals surface area contributed by atoms with Gasteiger partial charge >= 0.3 is 0 Å². The standard InChI is InChI=1S/C29H37N3S/c1-4-6-12-29-27(19-30-22(3)31-25-17-18-33-21-25)28(24-15-13-23(5-2)14-16-24)20-32(29)26-10-8-7-9-11-26/h12-21,26H,4-11H2,1-3H3,(H,30,31)/b27-19-,29-12-. The van der Waals surface area contributed by atoms with Crippen LogP contribution in [0, 0.1) is 0 Å². The van der Waals surface area contributed by atoms with Crippen molar-refractivity contribution in [3.05, 3.63) is 63.4 Å². The van der Waals surface area contributed by atoms with Crippen LogP contribution in [0.2, 0.25) is 0 Å². The van der Waals surface area contributed by atoms with Crippen molar-refractivity contribution in [1.82, 2.24) is 4.57 Å². The van der Waals surface area contributed by atoms with Gasteiger partial charge in [0.2, 0.25) is 0 Å². The number of anilines is 1. The second-order valence-electron chi connectivity index (χ2n) is 9.06. The summed E-state index contributed by atoms with van der Waals surface area (Å²) in [5.74, 6) is 0.910. The molecule has 1 aromatic carbocycles. The third kappa shape index (κ3) is 5.86. The number of amidine groups is 1. The maximum Gasteiger partial charge on any atom is 0.103 e. The van der Waals surface area contributed by atoms with Crippen LogP contribution in [-0.2, 0) is 6.42 Å². The van der Waals surface area contributed by atoms with Gasteiger partial charge in [0.1, 0.15) is 5.84 Å². The van der Waals surface area contributed by atoms with Crippen LogP contribution in [0.5, 0.6) is 0 Å².